The zero-order chi connectivity index (χ0) is 14.1. The van der Waals surface area contributed by atoms with Gasteiger partial charge in [-0.15, -0.1) is 0 Å². The van der Waals surface area contributed by atoms with Crippen molar-refractivity contribution in [3.8, 4) is 11.3 Å². The summed E-state index contributed by atoms with van der Waals surface area (Å²) in [6, 6.07) is 14.2. The lowest BCUT2D eigenvalue weighted by molar-refractivity contribution is 0.560. The molecule has 0 aliphatic carbocycles. The molecule has 104 valence electrons. The zero-order valence-corrected chi connectivity index (χ0v) is 12.2. The molecule has 4 rings (SSSR count). The number of fused-ring (bicyclic) bond motifs is 1. The summed E-state index contributed by atoms with van der Waals surface area (Å²) in [6.45, 7) is 0.990. The number of benzene rings is 1. The third-order valence-corrected chi connectivity index (χ3v) is 4.21. The van der Waals surface area contributed by atoms with Gasteiger partial charge < -0.3 is 9.32 Å². The SMILES string of the molecule is C1=CN2CCSN=C2C(c2ccc(-c3ccccc3)o2)=C1. The first kappa shape index (κ1) is 12.5. The van der Waals surface area contributed by atoms with E-state index in [1.165, 1.54) is 0 Å². The molecule has 2 aromatic rings. The van der Waals surface area contributed by atoms with Crippen LogP contribution in [0.3, 0.4) is 0 Å². The summed E-state index contributed by atoms with van der Waals surface area (Å²) in [5.74, 6) is 3.76. The van der Waals surface area contributed by atoms with Crippen LogP contribution in [0.4, 0.5) is 0 Å². The Morgan fingerprint density at radius 1 is 1.05 bits per heavy atom. The zero-order valence-electron chi connectivity index (χ0n) is 11.4. The van der Waals surface area contributed by atoms with E-state index in [0.717, 1.165) is 40.8 Å². The summed E-state index contributed by atoms with van der Waals surface area (Å²) in [7, 11) is 0. The lowest BCUT2D eigenvalue weighted by Gasteiger charge is -2.28. The molecule has 0 saturated heterocycles. The Hall–Kier alpha value is -2.20. The van der Waals surface area contributed by atoms with Crippen LogP contribution in [0.2, 0.25) is 0 Å². The van der Waals surface area contributed by atoms with E-state index in [2.05, 4.69) is 39.8 Å². The number of amidine groups is 1. The molecule has 0 saturated carbocycles. The number of rotatable bonds is 2. The van der Waals surface area contributed by atoms with Crippen LogP contribution in [0.15, 0.2) is 69.6 Å². The topological polar surface area (TPSA) is 28.7 Å². The van der Waals surface area contributed by atoms with Gasteiger partial charge >= 0.3 is 0 Å². The van der Waals surface area contributed by atoms with E-state index < -0.39 is 0 Å². The second-order valence-corrected chi connectivity index (χ2v) is 5.74. The first-order valence-electron chi connectivity index (χ1n) is 6.93. The van der Waals surface area contributed by atoms with Gasteiger partial charge in [0.1, 0.15) is 11.5 Å². The molecular weight excluding hydrogens is 280 g/mol. The average Bonchev–Trinajstić information content (AvgIpc) is 3.05. The van der Waals surface area contributed by atoms with Crippen molar-refractivity contribution in [3.63, 3.8) is 0 Å². The lowest BCUT2D eigenvalue weighted by atomic mass is 10.1. The number of hydrogen-bond donors (Lipinski definition) is 0. The van der Waals surface area contributed by atoms with Crippen molar-refractivity contribution in [2.75, 3.05) is 12.3 Å². The van der Waals surface area contributed by atoms with E-state index >= 15 is 0 Å². The molecule has 0 N–H and O–H groups in total. The summed E-state index contributed by atoms with van der Waals surface area (Å²) in [4.78, 5) is 2.18. The maximum absolute atomic E-state index is 6.04. The fourth-order valence-corrected chi connectivity index (χ4v) is 3.20. The van der Waals surface area contributed by atoms with Crippen molar-refractivity contribution in [3.05, 3.63) is 66.6 Å². The monoisotopic (exact) mass is 294 g/mol. The predicted octanol–water partition coefficient (Wildman–Crippen LogP) is 4.22. The fraction of sp³-hybridized carbons (Fsp3) is 0.118. The highest BCUT2D eigenvalue weighted by Crippen LogP contribution is 2.31. The number of hydrogen-bond acceptors (Lipinski definition) is 4. The summed E-state index contributed by atoms with van der Waals surface area (Å²) in [5.41, 5.74) is 2.14. The predicted molar refractivity (Wildman–Crippen MR) is 87.9 cm³/mol. The highest BCUT2D eigenvalue weighted by atomic mass is 32.2. The van der Waals surface area contributed by atoms with Crippen LogP contribution in [0.1, 0.15) is 5.76 Å². The molecule has 1 aromatic carbocycles. The van der Waals surface area contributed by atoms with E-state index in [0.29, 0.717) is 0 Å². The van der Waals surface area contributed by atoms with Gasteiger partial charge in [-0.25, -0.2) is 0 Å². The van der Waals surface area contributed by atoms with Gasteiger partial charge in [-0.1, -0.05) is 30.3 Å². The van der Waals surface area contributed by atoms with Gasteiger partial charge in [0.25, 0.3) is 0 Å². The molecule has 3 nitrogen and oxygen atoms in total. The lowest BCUT2D eigenvalue weighted by Crippen LogP contribution is -2.32. The van der Waals surface area contributed by atoms with Gasteiger partial charge in [-0.2, -0.15) is 4.40 Å². The van der Waals surface area contributed by atoms with Gasteiger partial charge in [0.15, 0.2) is 5.84 Å². The van der Waals surface area contributed by atoms with Gasteiger partial charge in [0.05, 0.1) is 5.57 Å². The Morgan fingerprint density at radius 3 is 2.81 bits per heavy atom. The Labute approximate surface area is 127 Å². The Morgan fingerprint density at radius 2 is 1.90 bits per heavy atom. The number of nitrogens with zero attached hydrogens (tertiary/aromatic N) is 2. The average molecular weight is 294 g/mol. The van der Waals surface area contributed by atoms with Crippen LogP contribution < -0.4 is 0 Å². The van der Waals surface area contributed by atoms with Crippen molar-refractivity contribution in [1.82, 2.24) is 4.90 Å². The molecule has 1 aromatic heterocycles. The summed E-state index contributed by atoms with van der Waals surface area (Å²) in [5, 5.41) is 0. The Kier molecular flexibility index (Phi) is 3.16. The molecule has 21 heavy (non-hydrogen) atoms. The van der Waals surface area contributed by atoms with E-state index in [9.17, 15) is 0 Å². The molecule has 3 heterocycles. The summed E-state index contributed by atoms with van der Waals surface area (Å²) in [6.07, 6.45) is 6.19. The molecule has 0 spiro atoms. The van der Waals surface area contributed by atoms with Gasteiger partial charge in [-0.05, 0) is 36.2 Å². The molecule has 4 heteroatoms. The molecule has 0 unspecified atom stereocenters. The van der Waals surface area contributed by atoms with Gasteiger partial charge in [-0.3, -0.25) is 0 Å². The van der Waals surface area contributed by atoms with Crippen LogP contribution in [0, 0.1) is 0 Å². The summed E-state index contributed by atoms with van der Waals surface area (Å²) < 4.78 is 10.6. The fourth-order valence-electron chi connectivity index (χ4n) is 2.50. The number of furan rings is 1. The van der Waals surface area contributed by atoms with Crippen molar-refractivity contribution in [1.29, 1.82) is 0 Å². The minimum absolute atomic E-state index is 0.865. The van der Waals surface area contributed by atoms with E-state index in [1.54, 1.807) is 11.9 Å². The molecule has 0 atom stereocenters. The van der Waals surface area contributed by atoms with E-state index in [-0.39, 0.29) is 0 Å². The van der Waals surface area contributed by atoms with Crippen molar-refractivity contribution < 1.29 is 4.42 Å². The van der Waals surface area contributed by atoms with Crippen molar-refractivity contribution >= 4 is 23.4 Å². The highest BCUT2D eigenvalue weighted by Gasteiger charge is 2.23. The smallest absolute Gasteiger partial charge is 0.151 e. The first-order valence-corrected chi connectivity index (χ1v) is 7.87. The largest absolute Gasteiger partial charge is 0.456 e. The van der Waals surface area contributed by atoms with Gasteiger partial charge in [0.2, 0.25) is 0 Å². The quantitative estimate of drug-likeness (QED) is 0.776. The molecule has 0 amide bonds. The third-order valence-electron chi connectivity index (χ3n) is 3.55. The van der Waals surface area contributed by atoms with Crippen molar-refractivity contribution in [2.24, 2.45) is 4.40 Å². The number of allylic oxidation sites excluding steroid dienone is 2. The van der Waals surface area contributed by atoms with E-state index in [4.69, 9.17) is 4.42 Å². The van der Waals surface area contributed by atoms with Crippen LogP contribution in [-0.4, -0.2) is 23.0 Å². The minimum atomic E-state index is 0.865. The third kappa shape index (κ3) is 2.32. The molecular formula is C17H14N2OS. The highest BCUT2D eigenvalue weighted by molar-refractivity contribution is 7.98. The van der Waals surface area contributed by atoms with Crippen LogP contribution in [0.5, 0.6) is 0 Å². The normalized spacial score (nSPS) is 17.2. The molecule has 0 bridgehead atoms. The molecule has 2 aliphatic heterocycles. The van der Waals surface area contributed by atoms with Crippen molar-refractivity contribution in [2.45, 2.75) is 0 Å². The van der Waals surface area contributed by atoms with Crippen LogP contribution in [-0.2, 0) is 0 Å². The second kappa shape index (κ2) is 5.30. The molecule has 0 fully saturated rings. The Bertz CT molecular complexity index is 743. The van der Waals surface area contributed by atoms with E-state index in [1.807, 2.05) is 30.3 Å². The first-order chi connectivity index (χ1) is 10.4. The maximum Gasteiger partial charge on any atom is 0.151 e. The maximum atomic E-state index is 6.04. The molecule has 2 aliphatic rings. The summed E-state index contributed by atoms with van der Waals surface area (Å²) >= 11 is 1.61. The molecule has 0 radical (unpaired) electrons. The minimum Gasteiger partial charge on any atom is -0.456 e. The van der Waals surface area contributed by atoms with Crippen LogP contribution in [0.25, 0.3) is 16.9 Å². The Balaban J connectivity index is 1.71. The van der Waals surface area contributed by atoms with Gasteiger partial charge in [0, 0.05) is 24.1 Å². The second-order valence-electron chi connectivity index (χ2n) is 4.89. The standard InChI is InChI=1S/C17H14N2OS/c1-2-5-13(6-3-1)15-8-9-16(20-15)14-7-4-10-19-11-12-21-18-17(14)19/h1-10H,11-12H2. The van der Waals surface area contributed by atoms with Crippen LogP contribution >= 0.6 is 11.9 Å².